The Morgan fingerprint density at radius 1 is 1.21 bits per heavy atom. The fourth-order valence-corrected chi connectivity index (χ4v) is 1.05. The molecule has 74 valence electrons. The van der Waals surface area contributed by atoms with Crippen LogP contribution in [0.25, 0.3) is 0 Å². The molecular weight excluding hydrogens is 176 g/mol. The van der Waals surface area contributed by atoms with Gasteiger partial charge in [-0.05, 0) is 11.6 Å². The third kappa shape index (κ3) is 3.46. The van der Waals surface area contributed by atoms with Crippen LogP contribution in [0, 0.1) is 0 Å². The van der Waals surface area contributed by atoms with Crippen LogP contribution in [0.15, 0.2) is 54.8 Å². The van der Waals surface area contributed by atoms with Crippen molar-refractivity contribution in [3.05, 3.63) is 60.4 Å². The van der Waals surface area contributed by atoms with Crippen LogP contribution < -0.4 is 0 Å². The van der Waals surface area contributed by atoms with E-state index < -0.39 is 6.10 Å². The van der Waals surface area contributed by atoms with Crippen LogP contribution in [0.5, 0.6) is 0 Å². The van der Waals surface area contributed by atoms with Crippen molar-refractivity contribution in [3.8, 4) is 0 Å². The smallest absolute Gasteiger partial charge is 0.0974 e. The SMILES string of the molecule is CO/C=C\C=C/C(O)c1ccccc1. The fourth-order valence-electron chi connectivity index (χ4n) is 1.05. The Kier molecular flexibility index (Phi) is 4.51. The lowest BCUT2D eigenvalue weighted by Crippen LogP contribution is -1.91. The van der Waals surface area contributed by atoms with E-state index in [1.807, 2.05) is 30.3 Å². The van der Waals surface area contributed by atoms with Gasteiger partial charge in [-0.2, -0.15) is 0 Å². The van der Waals surface area contributed by atoms with Crippen molar-refractivity contribution in [2.75, 3.05) is 7.11 Å². The van der Waals surface area contributed by atoms with Crippen LogP contribution >= 0.6 is 0 Å². The molecule has 1 unspecified atom stereocenters. The van der Waals surface area contributed by atoms with Crippen molar-refractivity contribution in [2.24, 2.45) is 0 Å². The van der Waals surface area contributed by atoms with Gasteiger partial charge < -0.3 is 9.84 Å². The Balaban J connectivity index is 2.54. The first-order valence-electron chi connectivity index (χ1n) is 4.43. The van der Waals surface area contributed by atoms with Gasteiger partial charge in [0.25, 0.3) is 0 Å². The summed E-state index contributed by atoms with van der Waals surface area (Å²) < 4.78 is 4.72. The van der Waals surface area contributed by atoms with E-state index in [4.69, 9.17) is 4.74 Å². The molecule has 0 fully saturated rings. The average molecular weight is 190 g/mol. The molecule has 1 aromatic rings. The molecule has 2 heteroatoms. The van der Waals surface area contributed by atoms with Gasteiger partial charge in [-0.3, -0.25) is 0 Å². The molecule has 0 heterocycles. The van der Waals surface area contributed by atoms with E-state index in [2.05, 4.69) is 0 Å². The molecule has 0 aliphatic carbocycles. The van der Waals surface area contributed by atoms with Crippen molar-refractivity contribution in [1.82, 2.24) is 0 Å². The molecule has 14 heavy (non-hydrogen) atoms. The third-order valence-electron chi connectivity index (χ3n) is 1.76. The second kappa shape index (κ2) is 6.00. The summed E-state index contributed by atoms with van der Waals surface area (Å²) in [5, 5.41) is 9.66. The molecule has 0 radical (unpaired) electrons. The van der Waals surface area contributed by atoms with E-state index in [9.17, 15) is 5.11 Å². The van der Waals surface area contributed by atoms with Crippen LogP contribution in [0.2, 0.25) is 0 Å². The highest BCUT2D eigenvalue weighted by Gasteiger charge is 1.99. The van der Waals surface area contributed by atoms with Gasteiger partial charge in [0.1, 0.15) is 0 Å². The number of allylic oxidation sites excluding steroid dienone is 2. The molecule has 0 amide bonds. The summed E-state index contributed by atoms with van der Waals surface area (Å²) in [5.41, 5.74) is 0.884. The maximum Gasteiger partial charge on any atom is 0.0974 e. The molecule has 0 saturated carbocycles. The topological polar surface area (TPSA) is 29.5 Å². The molecule has 1 aromatic carbocycles. The highest BCUT2D eigenvalue weighted by Crippen LogP contribution is 2.12. The van der Waals surface area contributed by atoms with Gasteiger partial charge in [0.2, 0.25) is 0 Å². The van der Waals surface area contributed by atoms with Crippen LogP contribution in [0.1, 0.15) is 11.7 Å². The van der Waals surface area contributed by atoms with Crippen molar-refractivity contribution in [2.45, 2.75) is 6.10 Å². The van der Waals surface area contributed by atoms with Crippen LogP contribution in [0.4, 0.5) is 0 Å². The molecule has 1 atom stereocenters. The van der Waals surface area contributed by atoms with Crippen LogP contribution in [-0.4, -0.2) is 12.2 Å². The molecule has 1 rings (SSSR count). The fraction of sp³-hybridized carbons (Fsp3) is 0.167. The highest BCUT2D eigenvalue weighted by molar-refractivity contribution is 5.21. The van der Waals surface area contributed by atoms with E-state index >= 15 is 0 Å². The second-order valence-corrected chi connectivity index (χ2v) is 2.80. The summed E-state index contributed by atoms with van der Waals surface area (Å²) in [6.07, 6.45) is 6.17. The van der Waals surface area contributed by atoms with Gasteiger partial charge in [-0.15, -0.1) is 0 Å². The lowest BCUT2D eigenvalue weighted by Gasteiger charge is -2.03. The van der Waals surface area contributed by atoms with E-state index in [-0.39, 0.29) is 0 Å². The van der Waals surface area contributed by atoms with Gasteiger partial charge in [0, 0.05) is 0 Å². The number of aliphatic hydroxyl groups is 1. The first-order chi connectivity index (χ1) is 6.84. The Bertz CT molecular complexity index is 301. The molecule has 0 aromatic heterocycles. The summed E-state index contributed by atoms with van der Waals surface area (Å²) in [6, 6.07) is 9.49. The molecule has 1 N–H and O–H groups in total. The Hall–Kier alpha value is -1.54. The lowest BCUT2D eigenvalue weighted by molar-refractivity contribution is 0.228. The van der Waals surface area contributed by atoms with Crippen molar-refractivity contribution in [1.29, 1.82) is 0 Å². The number of aliphatic hydroxyl groups excluding tert-OH is 1. The molecular formula is C12H14O2. The number of rotatable bonds is 4. The summed E-state index contributed by atoms with van der Waals surface area (Å²) in [5.74, 6) is 0. The zero-order chi connectivity index (χ0) is 10.2. The molecule has 0 bridgehead atoms. The van der Waals surface area contributed by atoms with E-state index in [1.54, 1.807) is 31.6 Å². The standard InChI is InChI=1S/C12H14O2/c1-14-10-6-5-9-12(13)11-7-3-2-4-8-11/h2-10,12-13H,1H3/b9-5-,10-6-. The Morgan fingerprint density at radius 2 is 1.93 bits per heavy atom. The number of methoxy groups -OCH3 is 1. The minimum atomic E-state index is -0.558. The van der Waals surface area contributed by atoms with E-state index in [1.165, 1.54) is 0 Å². The number of ether oxygens (including phenoxy) is 1. The monoisotopic (exact) mass is 190 g/mol. The predicted octanol–water partition coefficient (Wildman–Crippen LogP) is 2.44. The van der Waals surface area contributed by atoms with Crippen molar-refractivity contribution >= 4 is 0 Å². The first-order valence-corrected chi connectivity index (χ1v) is 4.43. The van der Waals surface area contributed by atoms with Crippen LogP contribution in [-0.2, 0) is 4.74 Å². The van der Waals surface area contributed by atoms with E-state index in [0.717, 1.165) is 5.56 Å². The van der Waals surface area contributed by atoms with Crippen molar-refractivity contribution in [3.63, 3.8) is 0 Å². The van der Waals surface area contributed by atoms with Gasteiger partial charge in [0.05, 0.1) is 19.5 Å². The predicted molar refractivity (Wildman–Crippen MR) is 56.7 cm³/mol. The summed E-state index contributed by atoms with van der Waals surface area (Å²) in [6.45, 7) is 0. The zero-order valence-corrected chi connectivity index (χ0v) is 8.13. The minimum Gasteiger partial charge on any atom is -0.504 e. The first kappa shape index (κ1) is 10.5. The number of benzene rings is 1. The molecule has 0 aliphatic heterocycles. The normalized spacial score (nSPS) is 13.6. The maximum atomic E-state index is 9.66. The van der Waals surface area contributed by atoms with Gasteiger partial charge >= 0.3 is 0 Å². The summed E-state index contributed by atoms with van der Waals surface area (Å²) in [7, 11) is 1.58. The summed E-state index contributed by atoms with van der Waals surface area (Å²) in [4.78, 5) is 0. The second-order valence-electron chi connectivity index (χ2n) is 2.80. The Morgan fingerprint density at radius 3 is 2.57 bits per heavy atom. The van der Waals surface area contributed by atoms with Crippen molar-refractivity contribution < 1.29 is 9.84 Å². The van der Waals surface area contributed by atoms with Gasteiger partial charge in [-0.25, -0.2) is 0 Å². The average Bonchev–Trinajstić information content (AvgIpc) is 2.25. The molecule has 0 spiro atoms. The highest BCUT2D eigenvalue weighted by atomic mass is 16.5. The molecule has 0 saturated heterocycles. The van der Waals surface area contributed by atoms with Gasteiger partial charge in [0.15, 0.2) is 0 Å². The quantitative estimate of drug-likeness (QED) is 0.583. The largest absolute Gasteiger partial charge is 0.504 e. The molecule has 0 aliphatic rings. The van der Waals surface area contributed by atoms with E-state index in [0.29, 0.717) is 0 Å². The Labute approximate surface area is 84.1 Å². The number of hydrogen-bond acceptors (Lipinski definition) is 2. The maximum absolute atomic E-state index is 9.66. The minimum absolute atomic E-state index is 0.558. The molecule has 2 nitrogen and oxygen atoms in total. The zero-order valence-electron chi connectivity index (χ0n) is 8.13. The van der Waals surface area contributed by atoms with Crippen LogP contribution in [0.3, 0.4) is 0 Å². The third-order valence-corrected chi connectivity index (χ3v) is 1.76. The summed E-state index contributed by atoms with van der Waals surface area (Å²) >= 11 is 0. The lowest BCUT2D eigenvalue weighted by atomic mass is 10.1. The number of hydrogen-bond donors (Lipinski definition) is 1. The van der Waals surface area contributed by atoms with Gasteiger partial charge in [-0.1, -0.05) is 42.5 Å².